The van der Waals surface area contributed by atoms with Gasteiger partial charge in [0, 0.05) is 12.6 Å². The van der Waals surface area contributed by atoms with Crippen molar-refractivity contribution in [2.75, 3.05) is 0 Å². The molecule has 0 fully saturated rings. The summed E-state index contributed by atoms with van der Waals surface area (Å²) in [5.74, 6) is 1.08. The van der Waals surface area contributed by atoms with Gasteiger partial charge >= 0.3 is 0 Å². The van der Waals surface area contributed by atoms with Crippen LogP contribution in [0.25, 0.3) is 11.0 Å². The van der Waals surface area contributed by atoms with Gasteiger partial charge < -0.3 is 4.98 Å². The molecule has 4 heteroatoms. The quantitative estimate of drug-likeness (QED) is 0.886. The van der Waals surface area contributed by atoms with Gasteiger partial charge in [-0.3, -0.25) is 4.98 Å². The Morgan fingerprint density at radius 1 is 1.43 bits per heavy atom. The van der Waals surface area contributed by atoms with E-state index in [0.29, 0.717) is 0 Å². The first-order valence-electron chi connectivity index (χ1n) is 4.79. The molecule has 0 saturated carbocycles. The first-order chi connectivity index (χ1) is 6.81. The minimum atomic E-state index is 1.03. The summed E-state index contributed by atoms with van der Waals surface area (Å²) in [4.78, 5) is 12.0. The van der Waals surface area contributed by atoms with Crippen LogP contribution in [-0.4, -0.2) is 15.0 Å². The molecule has 0 aliphatic heterocycles. The van der Waals surface area contributed by atoms with Crippen molar-refractivity contribution in [2.24, 2.45) is 0 Å². The van der Waals surface area contributed by atoms with E-state index < -0.39 is 0 Å². The first-order valence-corrected chi connectivity index (χ1v) is 5.87. The van der Waals surface area contributed by atoms with Crippen molar-refractivity contribution in [1.29, 1.82) is 0 Å². The first kappa shape index (κ1) is 9.89. The zero-order chi connectivity index (χ0) is 9.97. The summed E-state index contributed by atoms with van der Waals surface area (Å²) in [5, 5.41) is 0. The fourth-order valence-electron chi connectivity index (χ4n) is 1.41. The molecule has 2 aromatic heterocycles. The second-order valence-electron chi connectivity index (χ2n) is 3.30. The Kier molecular flexibility index (Phi) is 3.00. The van der Waals surface area contributed by atoms with Gasteiger partial charge in [-0.1, -0.05) is 13.3 Å². The summed E-state index contributed by atoms with van der Waals surface area (Å²) in [6.45, 7) is 2.19. The summed E-state index contributed by atoms with van der Waals surface area (Å²) < 4.78 is 1.11. The normalized spacial score (nSPS) is 11.0. The molecule has 3 nitrogen and oxygen atoms in total. The van der Waals surface area contributed by atoms with Crippen molar-refractivity contribution in [3.63, 3.8) is 0 Å². The summed E-state index contributed by atoms with van der Waals surface area (Å²) >= 11 is 2.26. The lowest BCUT2D eigenvalue weighted by molar-refractivity contribution is 0.765. The van der Waals surface area contributed by atoms with E-state index in [2.05, 4.69) is 44.5 Å². The molecule has 1 N–H and O–H groups in total. The largest absolute Gasteiger partial charge is 0.341 e. The number of nitrogens with one attached hydrogen (secondary N) is 1. The molecule has 74 valence electrons. The molecule has 0 atom stereocenters. The van der Waals surface area contributed by atoms with Crippen LogP contribution in [0.1, 0.15) is 25.6 Å². The maximum Gasteiger partial charge on any atom is 0.107 e. The van der Waals surface area contributed by atoms with Gasteiger partial charge in [0.1, 0.15) is 11.3 Å². The zero-order valence-electron chi connectivity index (χ0n) is 8.05. The number of unbranched alkanes of at least 4 members (excludes halogenated alkanes) is 1. The van der Waals surface area contributed by atoms with E-state index in [1.165, 1.54) is 12.8 Å². The number of nitrogens with zero attached hydrogens (tertiary/aromatic N) is 2. The van der Waals surface area contributed by atoms with E-state index >= 15 is 0 Å². The molecule has 2 rings (SSSR count). The highest BCUT2D eigenvalue weighted by Gasteiger charge is 2.05. The standard InChI is InChI=1S/C10H12IN3/c1-2-3-4-9-13-8-6-12-5-7(11)10(8)14-9/h5-6H,2-4H2,1H3,(H,13,14). The van der Waals surface area contributed by atoms with Crippen LogP contribution in [0.15, 0.2) is 12.4 Å². The van der Waals surface area contributed by atoms with Crippen LogP contribution >= 0.6 is 22.6 Å². The van der Waals surface area contributed by atoms with Crippen LogP contribution in [0, 0.1) is 3.57 Å². The van der Waals surface area contributed by atoms with Crippen molar-refractivity contribution in [3.05, 3.63) is 21.8 Å². The van der Waals surface area contributed by atoms with E-state index in [4.69, 9.17) is 0 Å². The number of halogens is 1. The molecular weight excluding hydrogens is 289 g/mol. The fraction of sp³-hybridized carbons (Fsp3) is 0.400. The topological polar surface area (TPSA) is 41.6 Å². The third-order valence-corrected chi connectivity index (χ3v) is 2.96. The number of pyridine rings is 1. The van der Waals surface area contributed by atoms with E-state index in [-0.39, 0.29) is 0 Å². The molecule has 0 unspecified atom stereocenters. The highest BCUT2D eigenvalue weighted by Crippen LogP contribution is 2.17. The summed E-state index contributed by atoms with van der Waals surface area (Å²) in [5.41, 5.74) is 2.09. The van der Waals surface area contributed by atoms with Crippen LogP contribution in [0.3, 0.4) is 0 Å². The predicted molar refractivity (Wildman–Crippen MR) is 65.2 cm³/mol. The summed E-state index contributed by atoms with van der Waals surface area (Å²) in [7, 11) is 0. The Labute approximate surface area is 96.5 Å². The number of imidazole rings is 1. The molecule has 2 heterocycles. The lowest BCUT2D eigenvalue weighted by Crippen LogP contribution is -1.86. The molecule has 0 saturated heterocycles. The number of aryl methyl sites for hydroxylation is 1. The van der Waals surface area contributed by atoms with Crippen LogP contribution in [0.4, 0.5) is 0 Å². The number of rotatable bonds is 3. The molecule has 0 aliphatic rings. The van der Waals surface area contributed by atoms with Crippen LogP contribution in [0.5, 0.6) is 0 Å². The van der Waals surface area contributed by atoms with Crippen LogP contribution < -0.4 is 0 Å². The Bertz CT molecular complexity index is 436. The summed E-state index contributed by atoms with van der Waals surface area (Å²) in [6, 6.07) is 0. The van der Waals surface area contributed by atoms with Gasteiger partial charge in [0.25, 0.3) is 0 Å². The molecule has 0 aliphatic carbocycles. The number of H-pyrrole nitrogens is 1. The average molecular weight is 301 g/mol. The lowest BCUT2D eigenvalue weighted by Gasteiger charge is -1.90. The molecule has 0 aromatic carbocycles. The number of hydrogen-bond acceptors (Lipinski definition) is 2. The van der Waals surface area contributed by atoms with Gasteiger partial charge in [0.05, 0.1) is 15.3 Å². The minimum Gasteiger partial charge on any atom is -0.341 e. The Morgan fingerprint density at radius 2 is 2.29 bits per heavy atom. The number of hydrogen-bond donors (Lipinski definition) is 1. The van der Waals surface area contributed by atoms with Crippen molar-refractivity contribution in [3.8, 4) is 0 Å². The zero-order valence-corrected chi connectivity index (χ0v) is 10.2. The average Bonchev–Trinajstić information content (AvgIpc) is 2.59. The van der Waals surface area contributed by atoms with Gasteiger partial charge in [-0.2, -0.15) is 0 Å². The van der Waals surface area contributed by atoms with Gasteiger partial charge in [-0.15, -0.1) is 0 Å². The number of aromatic amines is 1. The van der Waals surface area contributed by atoms with E-state index in [1.54, 1.807) is 0 Å². The third kappa shape index (κ3) is 1.89. The second-order valence-corrected chi connectivity index (χ2v) is 4.47. The van der Waals surface area contributed by atoms with Crippen LogP contribution in [-0.2, 0) is 6.42 Å². The highest BCUT2D eigenvalue weighted by atomic mass is 127. The minimum absolute atomic E-state index is 1.03. The van der Waals surface area contributed by atoms with Gasteiger partial charge in [-0.25, -0.2) is 4.98 Å². The smallest absolute Gasteiger partial charge is 0.107 e. The summed E-state index contributed by atoms with van der Waals surface area (Å²) in [6.07, 6.45) is 7.09. The molecule has 0 spiro atoms. The number of aromatic nitrogens is 3. The van der Waals surface area contributed by atoms with Crippen molar-refractivity contribution >= 4 is 33.6 Å². The Morgan fingerprint density at radius 3 is 3.00 bits per heavy atom. The van der Waals surface area contributed by atoms with Crippen molar-refractivity contribution < 1.29 is 0 Å². The monoisotopic (exact) mass is 301 g/mol. The van der Waals surface area contributed by atoms with Crippen molar-refractivity contribution in [2.45, 2.75) is 26.2 Å². The van der Waals surface area contributed by atoms with E-state index in [0.717, 1.165) is 26.8 Å². The molecule has 0 bridgehead atoms. The predicted octanol–water partition coefficient (Wildman–Crippen LogP) is 2.91. The molecular formula is C10H12IN3. The van der Waals surface area contributed by atoms with Gasteiger partial charge in [0.2, 0.25) is 0 Å². The fourth-order valence-corrected chi connectivity index (χ4v) is 1.99. The Balaban J connectivity index is 2.36. The molecule has 2 aromatic rings. The highest BCUT2D eigenvalue weighted by molar-refractivity contribution is 14.1. The van der Waals surface area contributed by atoms with E-state index in [1.807, 2.05) is 12.4 Å². The van der Waals surface area contributed by atoms with E-state index in [9.17, 15) is 0 Å². The van der Waals surface area contributed by atoms with Crippen molar-refractivity contribution in [1.82, 2.24) is 15.0 Å². The van der Waals surface area contributed by atoms with Crippen LogP contribution in [0.2, 0.25) is 0 Å². The molecule has 0 radical (unpaired) electrons. The lowest BCUT2D eigenvalue weighted by atomic mass is 10.2. The molecule has 14 heavy (non-hydrogen) atoms. The Hall–Kier alpha value is -0.650. The molecule has 0 amide bonds. The third-order valence-electron chi connectivity index (χ3n) is 2.17. The van der Waals surface area contributed by atoms with Gasteiger partial charge in [0.15, 0.2) is 0 Å². The maximum absolute atomic E-state index is 4.55. The SMILES string of the molecule is CCCCc1nc2c(I)cncc2[nH]1. The number of fused-ring (bicyclic) bond motifs is 1. The maximum atomic E-state index is 4.55. The van der Waals surface area contributed by atoms with Gasteiger partial charge in [-0.05, 0) is 29.0 Å². The second kappa shape index (κ2) is 4.25.